The number of aryl methyl sites for hydroxylation is 1. The molecule has 1 fully saturated rings. The summed E-state index contributed by atoms with van der Waals surface area (Å²) < 4.78 is 1.81. The zero-order valence-electron chi connectivity index (χ0n) is 17.5. The van der Waals surface area contributed by atoms with E-state index in [2.05, 4.69) is 26.0 Å². The highest BCUT2D eigenvalue weighted by Gasteiger charge is 2.28. The van der Waals surface area contributed by atoms with Crippen LogP contribution in [0.1, 0.15) is 35.7 Å². The number of nitrogens with two attached hydrogens (primary N) is 1. The minimum Gasteiger partial charge on any atom is -0.339 e. The number of amides is 1. The molecule has 2 aromatic carbocycles. The summed E-state index contributed by atoms with van der Waals surface area (Å²) in [6.45, 7) is 5.61. The van der Waals surface area contributed by atoms with Crippen LogP contribution < -0.4 is 5.73 Å². The Morgan fingerprint density at radius 1 is 1.07 bits per heavy atom. The average Bonchev–Trinajstić information content (AvgIpc) is 3.20. The molecule has 0 aliphatic carbocycles. The van der Waals surface area contributed by atoms with Gasteiger partial charge >= 0.3 is 0 Å². The summed E-state index contributed by atoms with van der Waals surface area (Å²) in [4.78, 5) is 15.4. The monoisotopic (exact) mass is 424 g/mol. The van der Waals surface area contributed by atoms with Crippen molar-refractivity contribution in [1.82, 2.24) is 14.7 Å². The minimum atomic E-state index is 0. The Morgan fingerprint density at radius 3 is 2.30 bits per heavy atom. The fourth-order valence-corrected chi connectivity index (χ4v) is 3.97. The third-order valence-corrected chi connectivity index (χ3v) is 5.86. The normalized spacial score (nSPS) is 15.5. The second-order valence-corrected chi connectivity index (χ2v) is 8.03. The van der Waals surface area contributed by atoms with Gasteiger partial charge in [-0.05, 0) is 44.7 Å². The van der Waals surface area contributed by atoms with E-state index in [1.165, 1.54) is 5.56 Å². The van der Waals surface area contributed by atoms with Gasteiger partial charge in [0.05, 0.1) is 11.3 Å². The molecule has 0 bridgehead atoms. The van der Waals surface area contributed by atoms with Crippen LogP contribution in [0.15, 0.2) is 60.8 Å². The molecule has 6 heteroatoms. The maximum absolute atomic E-state index is 13.4. The molecule has 1 amide bonds. The molecule has 2 N–H and O–H groups in total. The Labute approximate surface area is 184 Å². The van der Waals surface area contributed by atoms with E-state index in [0.717, 1.165) is 42.9 Å². The van der Waals surface area contributed by atoms with Gasteiger partial charge in [-0.25, -0.2) is 4.68 Å². The third-order valence-electron chi connectivity index (χ3n) is 5.86. The molecular weight excluding hydrogens is 396 g/mol. The van der Waals surface area contributed by atoms with Gasteiger partial charge in [0.15, 0.2) is 0 Å². The maximum Gasteiger partial charge on any atom is 0.257 e. The summed E-state index contributed by atoms with van der Waals surface area (Å²) in [5.41, 5.74) is 10.5. The van der Waals surface area contributed by atoms with Crippen LogP contribution in [0, 0.1) is 12.8 Å². The number of aromatic nitrogens is 2. The first kappa shape index (κ1) is 22.1. The molecule has 0 saturated carbocycles. The van der Waals surface area contributed by atoms with Crippen molar-refractivity contribution in [1.29, 1.82) is 0 Å². The summed E-state index contributed by atoms with van der Waals surface area (Å²) in [5, 5.41) is 4.79. The van der Waals surface area contributed by atoms with Gasteiger partial charge in [-0.1, -0.05) is 48.0 Å². The van der Waals surface area contributed by atoms with Gasteiger partial charge in [-0.15, -0.1) is 12.4 Å². The summed E-state index contributed by atoms with van der Waals surface area (Å²) in [6.07, 6.45) is 3.78. The molecule has 1 unspecified atom stereocenters. The molecule has 0 radical (unpaired) electrons. The van der Waals surface area contributed by atoms with Gasteiger partial charge in [-0.2, -0.15) is 5.10 Å². The Balaban J connectivity index is 0.00000256. The van der Waals surface area contributed by atoms with Gasteiger partial charge in [0.1, 0.15) is 5.69 Å². The number of benzene rings is 2. The number of hydrogen-bond donors (Lipinski definition) is 1. The van der Waals surface area contributed by atoms with Crippen molar-refractivity contribution in [2.45, 2.75) is 32.7 Å². The first-order chi connectivity index (χ1) is 14.0. The number of hydrogen-bond acceptors (Lipinski definition) is 3. The lowest BCUT2D eigenvalue weighted by Crippen LogP contribution is -2.42. The van der Waals surface area contributed by atoms with Crippen molar-refractivity contribution >= 4 is 18.3 Å². The highest BCUT2D eigenvalue weighted by molar-refractivity contribution is 6.00. The standard InChI is InChI=1S/C24H28N4O.ClH/c1-17-8-10-21(11-9-17)28-16-22(23(26-28)20-6-4-3-5-7-20)24(29)27-14-12-19(13-15-27)18(2)25;/h3-11,16,18-19H,12-15,25H2,1-2H3;1H. The smallest absolute Gasteiger partial charge is 0.257 e. The topological polar surface area (TPSA) is 64.2 Å². The van der Waals surface area contributed by atoms with Crippen LogP contribution in [0.3, 0.4) is 0 Å². The predicted octanol–water partition coefficient (Wildman–Crippen LogP) is 4.47. The molecule has 0 spiro atoms. The molecule has 1 atom stereocenters. The molecule has 5 nitrogen and oxygen atoms in total. The van der Waals surface area contributed by atoms with Crippen molar-refractivity contribution in [2.24, 2.45) is 11.7 Å². The van der Waals surface area contributed by atoms with E-state index in [4.69, 9.17) is 10.8 Å². The van der Waals surface area contributed by atoms with Gasteiger partial charge in [0.25, 0.3) is 5.91 Å². The number of nitrogens with zero attached hydrogens (tertiary/aromatic N) is 3. The molecule has 4 rings (SSSR count). The quantitative estimate of drug-likeness (QED) is 0.672. The average molecular weight is 425 g/mol. The molecular formula is C24H29ClN4O. The summed E-state index contributed by atoms with van der Waals surface area (Å²) in [7, 11) is 0. The van der Waals surface area contributed by atoms with Crippen LogP contribution in [0.25, 0.3) is 16.9 Å². The largest absolute Gasteiger partial charge is 0.339 e. The molecule has 1 saturated heterocycles. The highest BCUT2D eigenvalue weighted by atomic mass is 35.5. The Hall–Kier alpha value is -2.63. The zero-order valence-corrected chi connectivity index (χ0v) is 18.3. The van der Waals surface area contributed by atoms with Crippen LogP contribution >= 0.6 is 12.4 Å². The van der Waals surface area contributed by atoms with Crippen LogP contribution in [0.5, 0.6) is 0 Å². The van der Waals surface area contributed by atoms with Crippen LogP contribution in [0.4, 0.5) is 0 Å². The van der Waals surface area contributed by atoms with E-state index in [-0.39, 0.29) is 24.4 Å². The molecule has 1 aliphatic heterocycles. The highest BCUT2D eigenvalue weighted by Crippen LogP contribution is 2.27. The number of carbonyl (C=O) groups is 1. The number of piperidine rings is 1. The van der Waals surface area contributed by atoms with Crippen molar-refractivity contribution < 1.29 is 4.79 Å². The zero-order chi connectivity index (χ0) is 20.4. The lowest BCUT2D eigenvalue weighted by Gasteiger charge is -2.33. The van der Waals surface area contributed by atoms with E-state index < -0.39 is 0 Å². The molecule has 1 aromatic heterocycles. The van der Waals surface area contributed by atoms with Gasteiger partial charge in [-0.3, -0.25) is 4.79 Å². The van der Waals surface area contributed by atoms with Crippen LogP contribution in [-0.4, -0.2) is 39.7 Å². The predicted molar refractivity (Wildman–Crippen MR) is 123 cm³/mol. The first-order valence-electron chi connectivity index (χ1n) is 10.3. The summed E-state index contributed by atoms with van der Waals surface area (Å²) in [6, 6.07) is 18.3. The minimum absolute atomic E-state index is 0. The molecule has 2 heterocycles. The van der Waals surface area contributed by atoms with Gasteiger partial charge < -0.3 is 10.6 Å². The molecule has 30 heavy (non-hydrogen) atoms. The molecule has 3 aromatic rings. The van der Waals surface area contributed by atoms with Crippen molar-refractivity contribution in [3.63, 3.8) is 0 Å². The van der Waals surface area contributed by atoms with E-state index >= 15 is 0 Å². The summed E-state index contributed by atoms with van der Waals surface area (Å²) in [5.74, 6) is 0.535. The Morgan fingerprint density at radius 2 is 1.70 bits per heavy atom. The number of halogens is 1. The lowest BCUT2D eigenvalue weighted by molar-refractivity contribution is 0.0681. The van der Waals surface area contributed by atoms with E-state index in [9.17, 15) is 4.79 Å². The van der Waals surface area contributed by atoms with Crippen LogP contribution in [-0.2, 0) is 0 Å². The second-order valence-electron chi connectivity index (χ2n) is 8.03. The maximum atomic E-state index is 13.4. The lowest BCUT2D eigenvalue weighted by atomic mass is 9.90. The van der Waals surface area contributed by atoms with Crippen LogP contribution in [0.2, 0.25) is 0 Å². The Bertz CT molecular complexity index is 974. The first-order valence-corrected chi connectivity index (χ1v) is 10.3. The fraction of sp³-hybridized carbons (Fsp3) is 0.333. The van der Waals surface area contributed by atoms with E-state index in [0.29, 0.717) is 11.5 Å². The number of rotatable bonds is 4. The molecule has 158 valence electrons. The van der Waals surface area contributed by atoms with Gasteiger partial charge in [0, 0.05) is 30.9 Å². The molecule has 1 aliphatic rings. The second kappa shape index (κ2) is 9.45. The number of likely N-dealkylation sites (tertiary alicyclic amines) is 1. The SMILES string of the molecule is Cc1ccc(-n2cc(C(=O)N3CCC(C(C)N)CC3)c(-c3ccccc3)n2)cc1.Cl. The fourth-order valence-electron chi connectivity index (χ4n) is 3.97. The third kappa shape index (κ3) is 4.58. The van der Waals surface area contributed by atoms with Crippen molar-refractivity contribution in [3.05, 3.63) is 71.9 Å². The van der Waals surface area contributed by atoms with E-state index in [1.807, 2.05) is 58.2 Å². The Kier molecular flexibility index (Phi) is 6.95. The van der Waals surface area contributed by atoms with E-state index in [1.54, 1.807) is 0 Å². The number of carbonyl (C=O) groups excluding carboxylic acids is 1. The van der Waals surface area contributed by atoms with Crippen molar-refractivity contribution in [2.75, 3.05) is 13.1 Å². The van der Waals surface area contributed by atoms with Crippen molar-refractivity contribution in [3.8, 4) is 16.9 Å². The summed E-state index contributed by atoms with van der Waals surface area (Å²) >= 11 is 0. The van der Waals surface area contributed by atoms with Gasteiger partial charge in [0.2, 0.25) is 0 Å².